The van der Waals surface area contributed by atoms with Crippen LogP contribution in [-0.2, 0) is 31.9 Å². The molecule has 8 nitrogen and oxygen atoms in total. The largest absolute Gasteiger partial charge is 0.478 e. The fourth-order valence-electron chi connectivity index (χ4n) is 3.10. The smallest absolute Gasteiger partial charge is 0.337 e. The molecule has 0 saturated heterocycles. The van der Waals surface area contributed by atoms with Crippen molar-refractivity contribution in [2.75, 3.05) is 0 Å². The molecule has 8 heteroatoms. The number of carboxylic acids is 1. The fraction of sp³-hybridized carbons (Fsp3) is 0.385. The number of nitrogens with zero attached hydrogens (tertiary/aromatic N) is 1. The monoisotopic (exact) mass is 468 g/mol. The van der Waals surface area contributed by atoms with Gasteiger partial charge < -0.3 is 19.6 Å². The summed E-state index contributed by atoms with van der Waals surface area (Å²) in [6, 6.07) is 7.57. The minimum absolute atomic E-state index is 0.167. The third-order valence-corrected chi connectivity index (χ3v) is 4.44. The van der Waals surface area contributed by atoms with Crippen molar-refractivity contribution in [1.29, 1.82) is 0 Å². The van der Waals surface area contributed by atoms with Gasteiger partial charge in [0, 0.05) is 29.5 Å². The first-order chi connectivity index (χ1) is 15.8. The molecule has 1 aromatic carbocycles. The van der Waals surface area contributed by atoms with E-state index in [9.17, 15) is 14.4 Å². The molecule has 0 spiro atoms. The molecule has 0 atom stereocenters. The molecule has 0 amide bonds. The van der Waals surface area contributed by atoms with Crippen molar-refractivity contribution in [3.8, 4) is 0 Å². The van der Waals surface area contributed by atoms with E-state index in [1.165, 1.54) is 6.20 Å². The molecule has 0 aliphatic carbocycles. The second-order valence-corrected chi connectivity index (χ2v) is 9.85. The molecule has 0 bridgehead atoms. The Labute approximate surface area is 199 Å². The van der Waals surface area contributed by atoms with Gasteiger partial charge in [-0.1, -0.05) is 6.07 Å². The highest BCUT2D eigenvalue weighted by atomic mass is 16.6. The zero-order valence-electron chi connectivity index (χ0n) is 20.5. The lowest BCUT2D eigenvalue weighted by atomic mass is 10.0. The van der Waals surface area contributed by atoms with Crippen LogP contribution in [0.25, 0.3) is 10.9 Å². The summed E-state index contributed by atoms with van der Waals surface area (Å²) in [4.78, 5) is 40.0. The van der Waals surface area contributed by atoms with Crippen LogP contribution in [0.15, 0.2) is 42.9 Å². The fourth-order valence-corrected chi connectivity index (χ4v) is 3.10. The summed E-state index contributed by atoms with van der Waals surface area (Å²) in [7, 11) is 0. The van der Waals surface area contributed by atoms with E-state index in [1.807, 2.05) is 65.9 Å². The predicted molar refractivity (Wildman–Crippen MR) is 129 cm³/mol. The number of hydrogen-bond donors (Lipinski definition) is 2. The second kappa shape index (κ2) is 11.0. The van der Waals surface area contributed by atoms with Crippen LogP contribution in [0.2, 0.25) is 0 Å². The molecule has 0 aliphatic rings. The van der Waals surface area contributed by atoms with E-state index in [2.05, 4.69) is 14.7 Å². The Morgan fingerprint density at radius 3 is 2.29 bits per heavy atom. The van der Waals surface area contributed by atoms with Gasteiger partial charge in [0.25, 0.3) is 6.47 Å². The van der Waals surface area contributed by atoms with Crippen molar-refractivity contribution in [1.82, 2.24) is 9.97 Å². The number of pyridine rings is 1. The van der Waals surface area contributed by atoms with Crippen molar-refractivity contribution in [3.05, 3.63) is 65.1 Å². The van der Waals surface area contributed by atoms with Gasteiger partial charge in [0.05, 0.1) is 12.0 Å². The molecule has 2 N–H and O–H groups in total. The molecule has 3 aromatic rings. The quantitative estimate of drug-likeness (QED) is 0.398. The molecule has 0 radical (unpaired) electrons. The molecule has 182 valence electrons. The summed E-state index contributed by atoms with van der Waals surface area (Å²) < 4.78 is 9.95. The van der Waals surface area contributed by atoms with Crippen LogP contribution in [-0.4, -0.2) is 44.7 Å². The van der Waals surface area contributed by atoms with Gasteiger partial charge in [-0.3, -0.25) is 14.6 Å². The van der Waals surface area contributed by atoms with Gasteiger partial charge in [0.15, 0.2) is 0 Å². The number of rotatable bonds is 6. The van der Waals surface area contributed by atoms with E-state index in [1.54, 1.807) is 12.3 Å². The number of esters is 1. The Morgan fingerprint density at radius 2 is 1.74 bits per heavy atom. The average Bonchev–Trinajstić information content (AvgIpc) is 3.08. The Morgan fingerprint density at radius 1 is 1.03 bits per heavy atom. The zero-order chi connectivity index (χ0) is 25.5. The lowest BCUT2D eigenvalue weighted by Gasteiger charge is -2.19. The van der Waals surface area contributed by atoms with Crippen LogP contribution >= 0.6 is 0 Å². The third-order valence-electron chi connectivity index (χ3n) is 4.44. The average molecular weight is 469 g/mol. The lowest BCUT2D eigenvalue weighted by molar-refractivity contribution is -0.153. The summed E-state index contributed by atoms with van der Waals surface area (Å²) in [5.41, 5.74) is 2.97. The number of hydrogen-bond acceptors (Lipinski definition) is 6. The lowest BCUT2D eigenvalue weighted by Crippen LogP contribution is -2.24. The normalized spacial score (nSPS) is 11.4. The maximum Gasteiger partial charge on any atom is 0.337 e. The van der Waals surface area contributed by atoms with Crippen LogP contribution in [0.5, 0.6) is 0 Å². The number of carboxylic acid groups (broad SMARTS) is 1. The van der Waals surface area contributed by atoms with Gasteiger partial charge in [0.2, 0.25) is 0 Å². The van der Waals surface area contributed by atoms with Crippen molar-refractivity contribution < 1.29 is 29.0 Å². The molecular formula is C26H32N2O6. The molecule has 2 aromatic heterocycles. The van der Waals surface area contributed by atoms with Crippen molar-refractivity contribution >= 4 is 29.3 Å². The molecule has 0 fully saturated rings. The number of aromatic amines is 1. The van der Waals surface area contributed by atoms with Gasteiger partial charge >= 0.3 is 11.9 Å². The summed E-state index contributed by atoms with van der Waals surface area (Å²) in [5, 5.41) is 10.1. The Kier molecular flexibility index (Phi) is 8.57. The van der Waals surface area contributed by atoms with Crippen molar-refractivity contribution in [2.24, 2.45) is 0 Å². The van der Waals surface area contributed by atoms with Crippen LogP contribution < -0.4 is 0 Å². The number of nitrogens with one attached hydrogen (secondary N) is 1. The molecule has 0 unspecified atom stereocenters. The number of H-pyrrole nitrogens is 1. The maximum absolute atomic E-state index is 12.1. The molecule has 3 rings (SSSR count). The van der Waals surface area contributed by atoms with E-state index < -0.39 is 11.6 Å². The molecule has 2 heterocycles. The molecule has 0 aliphatic heterocycles. The Bertz CT molecular complexity index is 1150. The third kappa shape index (κ3) is 8.69. The predicted octanol–water partition coefficient (Wildman–Crippen LogP) is 4.69. The van der Waals surface area contributed by atoms with E-state index in [0.29, 0.717) is 12.9 Å². The summed E-state index contributed by atoms with van der Waals surface area (Å²) in [5.74, 6) is -1.27. The number of ether oxygens (including phenoxy) is 2. The number of aromatic nitrogens is 2. The van der Waals surface area contributed by atoms with Gasteiger partial charge in [-0.05, 0) is 82.9 Å². The van der Waals surface area contributed by atoms with E-state index >= 15 is 0 Å². The molecular weight excluding hydrogens is 436 g/mol. The van der Waals surface area contributed by atoms with E-state index in [0.717, 1.165) is 27.6 Å². The van der Waals surface area contributed by atoms with Gasteiger partial charge in [-0.15, -0.1) is 0 Å². The van der Waals surface area contributed by atoms with Gasteiger partial charge in [-0.25, -0.2) is 4.79 Å². The summed E-state index contributed by atoms with van der Waals surface area (Å²) in [6.45, 7) is 11.5. The number of carbonyl (C=O) groups excluding carboxylic acids is 2. The maximum atomic E-state index is 12.1. The summed E-state index contributed by atoms with van der Waals surface area (Å²) in [6.07, 6.45) is 5.57. The summed E-state index contributed by atoms with van der Waals surface area (Å²) >= 11 is 0. The van der Waals surface area contributed by atoms with Crippen molar-refractivity contribution in [3.63, 3.8) is 0 Å². The van der Waals surface area contributed by atoms with Gasteiger partial charge in [0.1, 0.15) is 11.2 Å². The number of benzene rings is 1. The van der Waals surface area contributed by atoms with Crippen molar-refractivity contribution in [2.45, 2.75) is 65.6 Å². The number of fused-ring (bicyclic) bond motifs is 1. The van der Waals surface area contributed by atoms with Crippen LogP contribution in [0.1, 0.15) is 68.6 Å². The standard InChI is InChI=1S/C21H22N2O4.C5H10O2/c1-21(2,3)27-19(24)9-15-12-23-18-5-4-13(8-17(15)18)6-14-7-16(20(25)26)11-22-10-14;1-5(2,3)7-4-6/h4-5,7-8,10-12,23H,6,9H2,1-3H3,(H,25,26);4H,1-3H3. The van der Waals surface area contributed by atoms with E-state index in [4.69, 9.17) is 9.84 Å². The number of carbonyl (C=O) groups is 3. The minimum atomic E-state index is -0.995. The van der Waals surface area contributed by atoms with Crippen LogP contribution in [0, 0.1) is 0 Å². The molecule has 34 heavy (non-hydrogen) atoms. The second-order valence-electron chi connectivity index (χ2n) is 9.85. The Hall–Kier alpha value is -3.68. The highest BCUT2D eigenvalue weighted by molar-refractivity contribution is 5.88. The zero-order valence-corrected chi connectivity index (χ0v) is 20.5. The SMILES string of the molecule is CC(C)(C)OC(=O)Cc1c[nH]c2ccc(Cc3cncc(C(=O)O)c3)cc12.CC(C)(C)OC=O. The van der Waals surface area contributed by atoms with Crippen LogP contribution in [0.3, 0.4) is 0 Å². The van der Waals surface area contributed by atoms with Crippen LogP contribution in [0.4, 0.5) is 0 Å². The van der Waals surface area contributed by atoms with E-state index in [-0.39, 0.29) is 23.6 Å². The highest BCUT2D eigenvalue weighted by Gasteiger charge is 2.18. The minimum Gasteiger partial charge on any atom is -0.478 e. The van der Waals surface area contributed by atoms with Gasteiger partial charge in [-0.2, -0.15) is 0 Å². The molecule has 0 saturated carbocycles. The Balaban J connectivity index is 0.000000509. The first-order valence-corrected chi connectivity index (χ1v) is 10.9. The highest BCUT2D eigenvalue weighted by Crippen LogP contribution is 2.23. The first-order valence-electron chi connectivity index (χ1n) is 10.9. The topological polar surface area (TPSA) is 119 Å². The number of aromatic carboxylic acids is 1. The first kappa shape index (κ1) is 26.6.